The van der Waals surface area contributed by atoms with E-state index in [0.717, 1.165) is 30.5 Å². The molecule has 1 aliphatic carbocycles. The predicted molar refractivity (Wildman–Crippen MR) is 91.5 cm³/mol. The van der Waals surface area contributed by atoms with Gasteiger partial charge in [-0.1, -0.05) is 30.7 Å². The molecule has 2 N–H and O–H groups in total. The summed E-state index contributed by atoms with van der Waals surface area (Å²) >= 11 is 0. The number of amides is 2. The summed E-state index contributed by atoms with van der Waals surface area (Å²) in [4.78, 5) is 24.6. The Kier molecular flexibility index (Phi) is 4.42. The van der Waals surface area contributed by atoms with E-state index in [1.807, 2.05) is 37.3 Å². The lowest BCUT2D eigenvalue weighted by Crippen LogP contribution is -2.29. The van der Waals surface area contributed by atoms with Crippen LogP contribution in [0.4, 0.5) is 11.4 Å². The molecule has 3 rings (SSSR count). The molecule has 4 nitrogen and oxygen atoms in total. The molecule has 0 atom stereocenters. The summed E-state index contributed by atoms with van der Waals surface area (Å²) in [6, 6.07) is 14.7. The zero-order valence-corrected chi connectivity index (χ0v) is 13.1. The van der Waals surface area contributed by atoms with Crippen molar-refractivity contribution in [3.8, 4) is 0 Å². The van der Waals surface area contributed by atoms with E-state index in [-0.39, 0.29) is 17.7 Å². The number of nitrogens with one attached hydrogen (secondary N) is 2. The van der Waals surface area contributed by atoms with Crippen molar-refractivity contribution in [2.24, 2.45) is 5.92 Å². The SMILES string of the molecule is Cc1cccc(NC(=O)c2ccccc2NC(=O)C2CCC2)c1. The first-order chi connectivity index (χ1) is 11.1. The van der Waals surface area contributed by atoms with Gasteiger partial charge in [0.2, 0.25) is 5.91 Å². The molecule has 2 amide bonds. The number of hydrogen-bond donors (Lipinski definition) is 2. The third-order valence-electron chi connectivity index (χ3n) is 4.18. The van der Waals surface area contributed by atoms with Crippen LogP contribution in [0.2, 0.25) is 0 Å². The third kappa shape index (κ3) is 3.59. The van der Waals surface area contributed by atoms with E-state index in [1.165, 1.54) is 0 Å². The Balaban J connectivity index is 1.76. The lowest BCUT2D eigenvalue weighted by molar-refractivity contribution is -0.122. The number of aryl methyl sites for hydroxylation is 1. The van der Waals surface area contributed by atoms with Gasteiger partial charge in [0.1, 0.15) is 0 Å². The van der Waals surface area contributed by atoms with Crippen LogP contribution < -0.4 is 10.6 Å². The summed E-state index contributed by atoms with van der Waals surface area (Å²) in [5, 5.41) is 5.77. The van der Waals surface area contributed by atoms with Gasteiger partial charge < -0.3 is 10.6 Å². The average molecular weight is 308 g/mol. The maximum atomic E-state index is 12.5. The van der Waals surface area contributed by atoms with Crippen LogP contribution in [0.1, 0.15) is 35.2 Å². The summed E-state index contributed by atoms with van der Waals surface area (Å²) in [6.45, 7) is 1.97. The number of carbonyl (C=O) groups excluding carboxylic acids is 2. The zero-order valence-electron chi connectivity index (χ0n) is 13.1. The molecule has 1 saturated carbocycles. The average Bonchev–Trinajstić information content (AvgIpc) is 2.45. The molecule has 4 heteroatoms. The van der Waals surface area contributed by atoms with E-state index in [9.17, 15) is 9.59 Å². The molecule has 0 radical (unpaired) electrons. The highest BCUT2D eigenvalue weighted by atomic mass is 16.2. The number of para-hydroxylation sites is 1. The second-order valence-electron chi connectivity index (χ2n) is 5.99. The summed E-state index contributed by atoms with van der Waals surface area (Å²) < 4.78 is 0. The molecule has 2 aromatic rings. The van der Waals surface area contributed by atoms with Crippen LogP contribution in [-0.4, -0.2) is 11.8 Å². The van der Waals surface area contributed by atoms with Crippen LogP contribution in [0, 0.1) is 12.8 Å². The standard InChI is InChI=1S/C19H20N2O2/c1-13-6-4-9-15(12-13)20-19(23)16-10-2-3-11-17(16)21-18(22)14-7-5-8-14/h2-4,6,9-12,14H,5,7-8H2,1H3,(H,20,23)(H,21,22). The molecular weight excluding hydrogens is 288 g/mol. The van der Waals surface area contributed by atoms with Crippen molar-refractivity contribution < 1.29 is 9.59 Å². The van der Waals surface area contributed by atoms with Gasteiger partial charge in [-0.2, -0.15) is 0 Å². The van der Waals surface area contributed by atoms with Gasteiger partial charge in [-0.25, -0.2) is 0 Å². The monoisotopic (exact) mass is 308 g/mol. The number of carbonyl (C=O) groups is 2. The van der Waals surface area contributed by atoms with Crippen molar-refractivity contribution in [1.82, 2.24) is 0 Å². The number of anilines is 2. The van der Waals surface area contributed by atoms with Crippen molar-refractivity contribution >= 4 is 23.2 Å². The van der Waals surface area contributed by atoms with Crippen LogP contribution in [0.15, 0.2) is 48.5 Å². The maximum absolute atomic E-state index is 12.5. The van der Waals surface area contributed by atoms with Gasteiger partial charge in [0.25, 0.3) is 5.91 Å². The lowest BCUT2D eigenvalue weighted by Gasteiger charge is -2.24. The molecule has 0 aromatic heterocycles. The minimum Gasteiger partial charge on any atom is -0.325 e. The van der Waals surface area contributed by atoms with Gasteiger partial charge >= 0.3 is 0 Å². The van der Waals surface area contributed by atoms with E-state index in [1.54, 1.807) is 18.2 Å². The fourth-order valence-electron chi connectivity index (χ4n) is 2.62. The Bertz CT molecular complexity index is 736. The molecule has 23 heavy (non-hydrogen) atoms. The summed E-state index contributed by atoms with van der Waals surface area (Å²) in [6.07, 6.45) is 2.97. The molecule has 2 aromatic carbocycles. The van der Waals surface area contributed by atoms with E-state index in [0.29, 0.717) is 11.3 Å². The normalized spacial score (nSPS) is 14.0. The number of hydrogen-bond acceptors (Lipinski definition) is 2. The predicted octanol–water partition coefficient (Wildman–Crippen LogP) is 3.99. The topological polar surface area (TPSA) is 58.2 Å². The van der Waals surface area contributed by atoms with Gasteiger partial charge in [-0.3, -0.25) is 9.59 Å². The molecule has 0 spiro atoms. The highest BCUT2D eigenvalue weighted by Crippen LogP contribution is 2.28. The van der Waals surface area contributed by atoms with Gasteiger partial charge in [-0.05, 0) is 49.6 Å². The van der Waals surface area contributed by atoms with E-state index in [2.05, 4.69) is 10.6 Å². The summed E-state index contributed by atoms with van der Waals surface area (Å²) in [5.74, 6) is -0.130. The lowest BCUT2D eigenvalue weighted by atomic mass is 9.85. The Morgan fingerprint density at radius 2 is 1.78 bits per heavy atom. The van der Waals surface area contributed by atoms with Crippen LogP contribution in [0.3, 0.4) is 0 Å². The molecular formula is C19H20N2O2. The van der Waals surface area contributed by atoms with Crippen molar-refractivity contribution in [1.29, 1.82) is 0 Å². The van der Waals surface area contributed by atoms with Crippen molar-refractivity contribution in [3.05, 3.63) is 59.7 Å². The Morgan fingerprint density at radius 3 is 2.48 bits per heavy atom. The minimum atomic E-state index is -0.222. The van der Waals surface area contributed by atoms with Crippen LogP contribution >= 0.6 is 0 Å². The molecule has 118 valence electrons. The van der Waals surface area contributed by atoms with Crippen LogP contribution in [0.25, 0.3) is 0 Å². The summed E-state index contributed by atoms with van der Waals surface area (Å²) in [7, 11) is 0. The second kappa shape index (κ2) is 6.65. The number of rotatable bonds is 4. The van der Waals surface area contributed by atoms with Crippen molar-refractivity contribution in [2.45, 2.75) is 26.2 Å². The molecule has 0 heterocycles. The highest BCUT2D eigenvalue weighted by Gasteiger charge is 2.26. The van der Waals surface area contributed by atoms with E-state index >= 15 is 0 Å². The Labute approximate surface area is 135 Å². The van der Waals surface area contributed by atoms with Gasteiger partial charge in [-0.15, -0.1) is 0 Å². The quantitative estimate of drug-likeness (QED) is 0.897. The van der Waals surface area contributed by atoms with Crippen molar-refractivity contribution in [2.75, 3.05) is 10.6 Å². The highest BCUT2D eigenvalue weighted by molar-refractivity contribution is 6.10. The first kappa shape index (κ1) is 15.3. The van der Waals surface area contributed by atoms with Crippen molar-refractivity contribution in [3.63, 3.8) is 0 Å². The fraction of sp³-hybridized carbons (Fsp3) is 0.263. The minimum absolute atomic E-state index is 0.00653. The van der Waals surface area contributed by atoms with E-state index < -0.39 is 0 Å². The largest absolute Gasteiger partial charge is 0.325 e. The molecule has 0 saturated heterocycles. The third-order valence-corrected chi connectivity index (χ3v) is 4.18. The first-order valence-electron chi connectivity index (χ1n) is 7.91. The first-order valence-corrected chi connectivity index (χ1v) is 7.91. The van der Waals surface area contributed by atoms with Gasteiger partial charge in [0, 0.05) is 11.6 Å². The molecule has 0 aliphatic heterocycles. The van der Waals surface area contributed by atoms with Gasteiger partial charge in [0.05, 0.1) is 11.3 Å². The summed E-state index contributed by atoms with van der Waals surface area (Å²) in [5.41, 5.74) is 2.86. The molecule has 0 bridgehead atoms. The zero-order chi connectivity index (χ0) is 16.2. The smallest absolute Gasteiger partial charge is 0.257 e. The fourth-order valence-corrected chi connectivity index (χ4v) is 2.62. The molecule has 1 fully saturated rings. The second-order valence-corrected chi connectivity index (χ2v) is 5.99. The maximum Gasteiger partial charge on any atom is 0.257 e. The Hall–Kier alpha value is -2.62. The number of benzene rings is 2. The van der Waals surface area contributed by atoms with Crippen LogP contribution in [-0.2, 0) is 4.79 Å². The van der Waals surface area contributed by atoms with Gasteiger partial charge in [0.15, 0.2) is 0 Å². The Morgan fingerprint density at radius 1 is 1.00 bits per heavy atom. The van der Waals surface area contributed by atoms with Crippen LogP contribution in [0.5, 0.6) is 0 Å². The van der Waals surface area contributed by atoms with E-state index in [4.69, 9.17) is 0 Å². The molecule has 1 aliphatic rings. The molecule has 0 unspecified atom stereocenters.